The van der Waals surface area contributed by atoms with E-state index in [1.54, 1.807) is 7.11 Å². The van der Waals surface area contributed by atoms with Gasteiger partial charge < -0.3 is 20.1 Å². The zero-order valence-electron chi connectivity index (χ0n) is 12.5. The van der Waals surface area contributed by atoms with Gasteiger partial charge in [0.05, 0.1) is 12.6 Å². The first-order valence-electron chi connectivity index (χ1n) is 7.27. The van der Waals surface area contributed by atoms with Crippen molar-refractivity contribution < 1.29 is 14.3 Å². The van der Waals surface area contributed by atoms with Crippen molar-refractivity contribution in [3.63, 3.8) is 0 Å². The zero-order chi connectivity index (χ0) is 14.1. The third-order valence-electron chi connectivity index (χ3n) is 3.70. The second kappa shape index (κ2) is 8.51. The Kier molecular flexibility index (Phi) is 7.34. The Hall–Kier alpha value is -0.650. The summed E-state index contributed by atoms with van der Waals surface area (Å²) in [5.74, 6) is 0.0567. The number of nitrogens with one attached hydrogen (secondary N) is 2. The van der Waals surface area contributed by atoms with E-state index in [1.165, 1.54) is 6.42 Å². The zero-order valence-corrected chi connectivity index (χ0v) is 12.5. The summed E-state index contributed by atoms with van der Waals surface area (Å²) in [5.41, 5.74) is -0.267. The Morgan fingerprint density at radius 3 is 2.84 bits per heavy atom. The minimum atomic E-state index is -0.267. The van der Waals surface area contributed by atoms with E-state index in [2.05, 4.69) is 17.6 Å². The van der Waals surface area contributed by atoms with Crippen molar-refractivity contribution in [1.29, 1.82) is 0 Å². The van der Waals surface area contributed by atoms with E-state index in [9.17, 15) is 4.79 Å². The molecule has 1 aliphatic rings. The SMILES string of the molecule is CCCCCNC(=O)C(C)NCC1(OC)CCOC1. The highest BCUT2D eigenvalue weighted by molar-refractivity contribution is 5.81. The number of hydrogen-bond donors (Lipinski definition) is 2. The van der Waals surface area contributed by atoms with Crippen molar-refractivity contribution in [1.82, 2.24) is 10.6 Å². The normalized spacial score (nSPS) is 24.4. The van der Waals surface area contributed by atoms with Gasteiger partial charge in [0.2, 0.25) is 5.91 Å². The highest BCUT2D eigenvalue weighted by atomic mass is 16.5. The molecule has 0 radical (unpaired) electrons. The lowest BCUT2D eigenvalue weighted by atomic mass is 10.0. The number of rotatable bonds is 9. The second-order valence-electron chi connectivity index (χ2n) is 5.29. The predicted octanol–water partition coefficient (Wildman–Crippen LogP) is 1.08. The van der Waals surface area contributed by atoms with Gasteiger partial charge in [0.25, 0.3) is 0 Å². The minimum Gasteiger partial charge on any atom is -0.378 e. The Morgan fingerprint density at radius 2 is 2.26 bits per heavy atom. The first-order chi connectivity index (χ1) is 9.13. The molecule has 1 rings (SSSR count). The number of ether oxygens (including phenoxy) is 2. The average Bonchev–Trinajstić information content (AvgIpc) is 2.90. The Labute approximate surface area is 116 Å². The Balaban J connectivity index is 2.22. The summed E-state index contributed by atoms with van der Waals surface area (Å²) in [6.45, 7) is 6.77. The second-order valence-corrected chi connectivity index (χ2v) is 5.29. The first-order valence-corrected chi connectivity index (χ1v) is 7.27. The molecule has 19 heavy (non-hydrogen) atoms. The summed E-state index contributed by atoms with van der Waals surface area (Å²) in [6.07, 6.45) is 4.25. The topological polar surface area (TPSA) is 59.6 Å². The van der Waals surface area contributed by atoms with Crippen molar-refractivity contribution in [2.24, 2.45) is 0 Å². The summed E-state index contributed by atoms with van der Waals surface area (Å²) >= 11 is 0. The van der Waals surface area contributed by atoms with E-state index in [-0.39, 0.29) is 17.6 Å². The molecule has 1 amide bonds. The third-order valence-corrected chi connectivity index (χ3v) is 3.70. The number of unbranched alkanes of at least 4 members (excludes halogenated alkanes) is 2. The van der Waals surface area contributed by atoms with Crippen LogP contribution in [0.5, 0.6) is 0 Å². The predicted molar refractivity (Wildman–Crippen MR) is 75.2 cm³/mol. The Bertz CT molecular complexity index is 265. The molecule has 2 unspecified atom stereocenters. The maximum atomic E-state index is 11.9. The van der Waals surface area contributed by atoms with Crippen LogP contribution in [0.25, 0.3) is 0 Å². The third kappa shape index (κ3) is 5.47. The lowest BCUT2D eigenvalue weighted by molar-refractivity contribution is -0.123. The van der Waals surface area contributed by atoms with Gasteiger partial charge >= 0.3 is 0 Å². The van der Waals surface area contributed by atoms with Gasteiger partial charge in [-0.3, -0.25) is 4.79 Å². The molecular formula is C14H28N2O3. The lowest BCUT2D eigenvalue weighted by Crippen LogP contribution is -2.50. The summed E-state index contributed by atoms with van der Waals surface area (Å²) in [7, 11) is 1.70. The maximum Gasteiger partial charge on any atom is 0.236 e. The van der Waals surface area contributed by atoms with Gasteiger partial charge in [-0.1, -0.05) is 19.8 Å². The monoisotopic (exact) mass is 272 g/mol. The smallest absolute Gasteiger partial charge is 0.236 e. The molecule has 0 saturated carbocycles. The van der Waals surface area contributed by atoms with Crippen LogP contribution in [-0.4, -0.2) is 51.0 Å². The highest BCUT2D eigenvalue weighted by Crippen LogP contribution is 2.21. The molecule has 2 N–H and O–H groups in total. The van der Waals surface area contributed by atoms with Crippen molar-refractivity contribution in [2.45, 2.75) is 51.2 Å². The highest BCUT2D eigenvalue weighted by Gasteiger charge is 2.35. The van der Waals surface area contributed by atoms with Crippen LogP contribution in [0.2, 0.25) is 0 Å². The van der Waals surface area contributed by atoms with Crippen LogP contribution in [0.1, 0.15) is 39.5 Å². The molecule has 1 aliphatic heterocycles. The maximum absolute atomic E-state index is 11.9. The van der Waals surface area contributed by atoms with Crippen LogP contribution in [0.4, 0.5) is 0 Å². The van der Waals surface area contributed by atoms with Crippen molar-refractivity contribution in [3.05, 3.63) is 0 Å². The molecule has 0 aromatic carbocycles. The van der Waals surface area contributed by atoms with Crippen LogP contribution in [-0.2, 0) is 14.3 Å². The van der Waals surface area contributed by atoms with Gasteiger partial charge in [0.15, 0.2) is 0 Å². The molecule has 0 spiro atoms. The van der Waals surface area contributed by atoms with E-state index in [1.807, 2.05) is 6.92 Å². The van der Waals surface area contributed by atoms with Gasteiger partial charge in [-0.15, -0.1) is 0 Å². The fraction of sp³-hybridized carbons (Fsp3) is 0.929. The average molecular weight is 272 g/mol. The molecule has 0 aromatic rings. The number of hydrogen-bond acceptors (Lipinski definition) is 4. The standard InChI is InChI=1S/C14H28N2O3/c1-4-5-6-8-15-13(17)12(2)16-10-14(18-3)7-9-19-11-14/h12,16H,4-11H2,1-3H3,(H,15,17). The van der Waals surface area contributed by atoms with Crippen LogP contribution < -0.4 is 10.6 Å². The molecule has 0 aliphatic carbocycles. The first kappa shape index (κ1) is 16.4. The van der Waals surface area contributed by atoms with Crippen molar-refractivity contribution in [2.75, 3.05) is 33.4 Å². The fourth-order valence-corrected chi connectivity index (χ4v) is 2.13. The van der Waals surface area contributed by atoms with Gasteiger partial charge in [0, 0.05) is 33.2 Å². The van der Waals surface area contributed by atoms with E-state index in [0.29, 0.717) is 13.2 Å². The molecule has 112 valence electrons. The molecule has 5 nitrogen and oxygen atoms in total. The molecule has 0 aromatic heterocycles. The molecular weight excluding hydrogens is 244 g/mol. The summed E-state index contributed by atoms with van der Waals surface area (Å²) < 4.78 is 10.9. The molecule has 1 fully saturated rings. The number of carbonyl (C=O) groups excluding carboxylic acids is 1. The van der Waals surface area contributed by atoms with Crippen LogP contribution in [0, 0.1) is 0 Å². The fourth-order valence-electron chi connectivity index (χ4n) is 2.13. The van der Waals surface area contributed by atoms with E-state index >= 15 is 0 Å². The van der Waals surface area contributed by atoms with Gasteiger partial charge in [-0.2, -0.15) is 0 Å². The number of amides is 1. The van der Waals surface area contributed by atoms with Gasteiger partial charge in [0.1, 0.15) is 5.60 Å². The molecule has 1 saturated heterocycles. The summed E-state index contributed by atoms with van der Waals surface area (Å²) in [5, 5.41) is 6.19. The summed E-state index contributed by atoms with van der Waals surface area (Å²) in [4.78, 5) is 11.9. The molecule has 2 atom stereocenters. The summed E-state index contributed by atoms with van der Waals surface area (Å²) in [6, 6.07) is -0.200. The molecule has 1 heterocycles. The van der Waals surface area contributed by atoms with Crippen molar-refractivity contribution >= 4 is 5.91 Å². The van der Waals surface area contributed by atoms with Gasteiger partial charge in [-0.25, -0.2) is 0 Å². The van der Waals surface area contributed by atoms with Crippen LogP contribution >= 0.6 is 0 Å². The number of methoxy groups -OCH3 is 1. The number of carbonyl (C=O) groups is 1. The largest absolute Gasteiger partial charge is 0.378 e. The van der Waals surface area contributed by atoms with Crippen LogP contribution in [0.15, 0.2) is 0 Å². The van der Waals surface area contributed by atoms with Crippen LogP contribution in [0.3, 0.4) is 0 Å². The lowest BCUT2D eigenvalue weighted by Gasteiger charge is -2.27. The quantitative estimate of drug-likeness (QED) is 0.617. The van der Waals surface area contributed by atoms with Crippen molar-refractivity contribution in [3.8, 4) is 0 Å². The van der Waals surface area contributed by atoms with E-state index < -0.39 is 0 Å². The van der Waals surface area contributed by atoms with E-state index in [4.69, 9.17) is 9.47 Å². The van der Waals surface area contributed by atoms with E-state index in [0.717, 1.165) is 32.4 Å². The molecule has 5 heteroatoms. The van der Waals surface area contributed by atoms with Gasteiger partial charge in [-0.05, 0) is 13.3 Å². The Morgan fingerprint density at radius 1 is 1.47 bits per heavy atom. The minimum absolute atomic E-state index is 0.0567. The molecule has 0 bridgehead atoms.